The van der Waals surface area contributed by atoms with Gasteiger partial charge in [0.2, 0.25) is 0 Å². The molecule has 2 fully saturated rings. The van der Waals surface area contributed by atoms with Gasteiger partial charge in [-0.15, -0.1) is 0 Å². The summed E-state index contributed by atoms with van der Waals surface area (Å²) in [5.41, 5.74) is 5.55. The SMILES string of the molecule is CS.Nc1cnn(C(=O)N2CC3CN(Cc4cc(Cl)ccc4C(F)(F)F)CC3C2)c1. The van der Waals surface area contributed by atoms with Crippen molar-refractivity contribution in [2.45, 2.75) is 12.7 Å². The standard InChI is InChI=1S/C18H19ClF3N5O.CH4S/c19-14-1-2-16(18(20,21)22)11(3-14)5-25-6-12-8-26(9-13(12)7-25)17(28)27-10-15(23)4-24-27;1-2/h1-4,10,12-13H,5-9,23H2;2H,1H3. The van der Waals surface area contributed by atoms with Crippen molar-refractivity contribution >= 4 is 35.9 Å². The van der Waals surface area contributed by atoms with Crippen LogP contribution in [0.1, 0.15) is 11.1 Å². The van der Waals surface area contributed by atoms with Crippen LogP contribution >= 0.6 is 24.2 Å². The number of carbonyl (C=O) groups is 1. The Kier molecular flexibility index (Phi) is 6.88. The van der Waals surface area contributed by atoms with Crippen LogP contribution in [0.4, 0.5) is 23.7 Å². The number of fused-ring (bicyclic) bond motifs is 1. The maximum absolute atomic E-state index is 13.3. The molecule has 1 amide bonds. The highest BCUT2D eigenvalue weighted by molar-refractivity contribution is 7.79. The number of anilines is 1. The molecule has 30 heavy (non-hydrogen) atoms. The largest absolute Gasteiger partial charge is 0.416 e. The molecule has 0 saturated carbocycles. The summed E-state index contributed by atoms with van der Waals surface area (Å²) in [6.45, 7) is 2.58. The van der Waals surface area contributed by atoms with Gasteiger partial charge in [-0.3, -0.25) is 4.90 Å². The van der Waals surface area contributed by atoms with E-state index in [1.807, 2.05) is 4.90 Å². The van der Waals surface area contributed by atoms with E-state index in [-0.39, 0.29) is 35.0 Å². The van der Waals surface area contributed by atoms with Crippen molar-refractivity contribution in [3.63, 3.8) is 0 Å². The molecular weight excluding hydrogens is 439 g/mol. The normalized spacial score (nSPS) is 21.3. The number of rotatable bonds is 2. The Morgan fingerprint density at radius 2 is 1.87 bits per heavy atom. The van der Waals surface area contributed by atoms with Crippen molar-refractivity contribution in [2.24, 2.45) is 11.8 Å². The minimum Gasteiger partial charge on any atom is -0.396 e. The molecule has 3 heterocycles. The van der Waals surface area contributed by atoms with Crippen molar-refractivity contribution in [3.8, 4) is 0 Å². The number of carbonyl (C=O) groups excluding carboxylic acids is 1. The number of hydrogen-bond donors (Lipinski definition) is 2. The van der Waals surface area contributed by atoms with E-state index in [4.69, 9.17) is 17.3 Å². The first-order valence-electron chi connectivity index (χ1n) is 9.33. The molecule has 2 unspecified atom stereocenters. The number of hydrogen-bond acceptors (Lipinski definition) is 5. The Hall–Kier alpha value is -1.91. The Balaban J connectivity index is 0.00000124. The van der Waals surface area contributed by atoms with Crippen molar-refractivity contribution in [3.05, 3.63) is 46.7 Å². The molecule has 2 aliphatic rings. The third-order valence-corrected chi connectivity index (χ3v) is 5.63. The third-order valence-electron chi connectivity index (χ3n) is 5.40. The molecule has 0 bridgehead atoms. The number of alkyl halides is 3. The summed E-state index contributed by atoms with van der Waals surface area (Å²) in [6, 6.07) is 3.45. The predicted molar refractivity (Wildman–Crippen MR) is 113 cm³/mol. The molecule has 2 saturated heterocycles. The number of nitrogens with zero attached hydrogens (tertiary/aromatic N) is 4. The van der Waals surface area contributed by atoms with Crippen LogP contribution in [0.2, 0.25) is 5.02 Å². The van der Waals surface area contributed by atoms with Gasteiger partial charge in [0.25, 0.3) is 0 Å². The monoisotopic (exact) mass is 461 g/mol. The van der Waals surface area contributed by atoms with E-state index >= 15 is 0 Å². The summed E-state index contributed by atoms with van der Waals surface area (Å²) in [6.07, 6.45) is 0.171. The fourth-order valence-electron chi connectivity index (χ4n) is 4.17. The van der Waals surface area contributed by atoms with Gasteiger partial charge in [0.1, 0.15) is 0 Å². The van der Waals surface area contributed by atoms with Gasteiger partial charge in [-0.2, -0.15) is 35.6 Å². The van der Waals surface area contributed by atoms with E-state index in [9.17, 15) is 18.0 Å². The minimum absolute atomic E-state index is 0.180. The van der Waals surface area contributed by atoms with E-state index in [0.717, 1.165) is 6.07 Å². The van der Waals surface area contributed by atoms with Crippen molar-refractivity contribution in [1.29, 1.82) is 0 Å². The molecule has 2 aliphatic heterocycles. The lowest BCUT2D eigenvalue weighted by molar-refractivity contribution is -0.138. The first kappa shape index (κ1) is 22.8. The van der Waals surface area contributed by atoms with Gasteiger partial charge in [-0.25, -0.2) is 4.79 Å². The third kappa shape index (κ3) is 4.87. The molecule has 1 aromatic carbocycles. The Labute approximate surface area is 183 Å². The molecule has 1 aromatic heterocycles. The number of nitrogens with two attached hydrogens (primary N) is 1. The topological polar surface area (TPSA) is 67.4 Å². The number of amides is 1. The second-order valence-electron chi connectivity index (χ2n) is 7.42. The lowest BCUT2D eigenvalue weighted by Crippen LogP contribution is -2.36. The summed E-state index contributed by atoms with van der Waals surface area (Å²) in [5.74, 6) is 0.454. The van der Waals surface area contributed by atoms with Crippen LogP contribution < -0.4 is 5.73 Å². The first-order chi connectivity index (χ1) is 14.2. The summed E-state index contributed by atoms with van der Waals surface area (Å²) >= 11 is 9.44. The van der Waals surface area contributed by atoms with Crippen molar-refractivity contribution in [1.82, 2.24) is 19.6 Å². The number of likely N-dealkylation sites (tertiary alicyclic amines) is 2. The minimum atomic E-state index is -4.41. The van der Waals surface area contributed by atoms with Crippen LogP contribution in [0, 0.1) is 11.8 Å². The maximum atomic E-state index is 13.3. The van der Waals surface area contributed by atoms with Gasteiger partial charge in [0.05, 0.1) is 23.6 Å². The average Bonchev–Trinajstić information content (AvgIpc) is 3.36. The smallest absolute Gasteiger partial charge is 0.396 e. The number of thiol groups is 1. The number of halogens is 4. The molecule has 11 heteroatoms. The highest BCUT2D eigenvalue weighted by Crippen LogP contribution is 2.36. The van der Waals surface area contributed by atoms with Gasteiger partial charge >= 0.3 is 12.2 Å². The lowest BCUT2D eigenvalue weighted by Gasteiger charge is -2.23. The van der Waals surface area contributed by atoms with E-state index in [2.05, 4.69) is 17.7 Å². The molecule has 2 atom stereocenters. The van der Waals surface area contributed by atoms with Crippen LogP contribution in [-0.2, 0) is 12.7 Å². The fraction of sp³-hybridized carbons (Fsp3) is 0.474. The lowest BCUT2D eigenvalue weighted by atomic mass is 10.0. The van der Waals surface area contributed by atoms with Gasteiger partial charge < -0.3 is 10.6 Å². The summed E-state index contributed by atoms with van der Waals surface area (Å²) in [4.78, 5) is 16.2. The Morgan fingerprint density at radius 3 is 2.40 bits per heavy atom. The number of benzene rings is 1. The Bertz CT molecular complexity index is 893. The van der Waals surface area contributed by atoms with Gasteiger partial charge in [0.15, 0.2) is 0 Å². The zero-order valence-electron chi connectivity index (χ0n) is 16.3. The fourth-order valence-corrected chi connectivity index (χ4v) is 4.37. The van der Waals surface area contributed by atoms with Crippen LogP contribution in [0.15, 0.2) is 30.6 Å². The molecule has 6 nitrogen and oxygen atoms in total. The molecule has 164 valence electrons. The molecule has 0 aliphatic carbocycles. The average molecular weight is 462 g/mol. The number of nitrogen functional groups attached to an aromatic ring is 1. The molecule has 4 rings (SSSR count). The van der Waals surface area contributed by atoms with E-state index in [0.29, 0.717) is 31.9 Å². The molecule has 0 spiro atoms. The van der Waals surface area contributed by atoms with E-state index in [1.165, 1.54) is 29.2 Å². The van der Waals surface area contributed by atoms with Gasteiger partial charge in [-0.1, -0.05) is 11.6 Å². The van der Waals surface area contributed by atoms with Crippen molar-refractivity contribution in [2.75, 3.05) is 38.2 Å². The zero-order chi connectivity index (χ0) is 22.1. The predicted octanol–water partition coefficient (Wildman–Crippen LogP) is 3.72. The van der Waals surface area contributed by atoms with E-state index < -0.39 is 11.7 Å². The zero-order valence-corrected chi connectivity index (χ0v) is 18.0. The maximum Gasteiger partial charge on any atom is 0.416 e. The highest BCUT2D eigenvalue weighted by Gasteiger charge is 2.42. The van der Waals surface area contributed by atoms with Crippen LogP contribution in [0.25, 0.3) is 0 Å². The highest BCUT2D eigenvalue weighted by atomic mass is 35.5. The number of aromatic nitrogens is 2. The first-order valence-corrected chi connectivity index (χ1v) is 10.6. The van der Waals surface area contributed by atoms with Crippen LogP contribution in [0.3, 0.4) is 0 Å². The van der Waals surface area contributed by atoms with Crippen LogP contribution in [0.5, 0.6) is 0 Å². The van der Waals surface area contributed by atoms with E-state index in [1.54, 1.807) is 11.2 Å². The second kappa shape index (κ2) is 9.07. The second-order valence-corrected chi connectivity index (χ2v) is 7.86. The summed E-state index contributed by atoms with van der Waals surface area (Å²) in [5, 5.41) is 4.23. The summed E-state index contributed by atoms with van der Waals surface area (Å²) in [7, 11) is 0. The summed E-state index contributed by atoms with van der Waals surface area (Å²) < 4.78 is 41.0. The van der Waals surface area contributed by atoms with Gasteiger partial charge in [-0.05, 0) is 41.9 Å². The Morgan fingerprint density at radius 1 is 1.23 bits per heavy atom. The van der Waals surface area contributed by atoms with Crippen LogP contribution in [-0.4, -0.2) is 58.0 Å². The quantitative estimate of drug-likeness (QED) is 0.669. The molecule has 0 radical (unpaired) electrons. The van der Waals surface area contributed by atoms with Crippen molar-refractivity contribution < 1.29 is 18.0 Å². The molecular formula is C19H23ClF3N5OS. The molecule has 2 N–H and O–H groups in total. The molecule has 2 aromatic rings. The van der Waals surface area contributed by atoms with Gasteiger partial charge in [0, 0.05) is 37.7 Å².